The highest BCUT2D eigenvalue weighted by Crippen LogP contribution is 2.31. The van der Waals surface area contributed by atoms with Crippen LogP contribution in [0.3, 0.4) is 0 Å². The number of halogens is 1. The molecule has 1 unspecified atom stereocenters. The summed E-state index contributed by atoms with van der Waals surface area (Å²) in [7, 11) is 0. The number of nitrogens with zero attached hydrogens (tertiary/aromatic N) is 2. The Kier molecular flexibility index (Phi) is 2.19. The number of hydrogen-bond donors (Lipinski definition) is 1. The SMILES string of the molecule is CC1C(=O)NC(C)(C)c2ncc(Cl)nc21. The van der Waals surface area contributed by atoms with E-state index in [4.69, 9.17) is 11.6 Å². The molecule has 15 heavy (non-hydrogen) atoms. The molecule has 80 valence electrons. The van der Waals surface area contributed by atoms with Crippen LogP contribution in [0.5, 0.6) is 0 Å². The summed E-state index contributed by atoms with van der Waals surface area (Å²) in [5.74, 6) is -0.330. The molecular formula is C10H12ClN3O. The molecule has 0 radical (unpaired) electrons. The molecule has 1 aromatic rings. The largest absolute Gasteiger partial charge is 0.345 e. The van der Waals surface area contributed by atoms with Crippen LogP contribution in [0.2, 0.25) is 5.15 Å². The second-order valence-corrected chi connectivity index (χ2v) is 4.65. The molecule has 1 amide bonds. The van der Waals surface area contributed by atoms with Gasteiger partial charge in [0.05, 0.1) is 29.0 Å². The van der Waals surface area contributed by atoms with Gasteiger partial charge in [-0.25, -0.2) is 4.98 Å². The van der Waals surface area contributed by atoms with Gasteiger partial charge in [-0.2, -0.15) is 0 Å². The van der Waals surface area contributed by atoms with Gasteiger partial charge in [-0.3, -0.25) is 9.78 Å². The lowest BCUT2D eigenvalue weighted by atomic mass is 9.87. The average molecular weight is 226 g/mol. The third-order valence-electron chi connectivity index (χ3n) is 2.60. The van der Waals surface area contributed by atoms with E-state index in [-0.39, 0.29) is 11.8 Å². The van der Waals surface area contributed by atoms with Crippen molar-refractivity contribution in [2.45, 2.75) is 32.2 Å². The van der Waals surface area contributed by atoms with Crippen LogP contribution >= 0.6 is 11.6 Å². The molecule has 0 spiro atoms. The summed E-state index contributed by atoms with van der Waals surface area (Å²) < 4.78 is 0. The number of aromatic nitrogens is 2. The minimum atomic E-state index is -0.476. The van der Waals surface area contributed by atoms with Crippen molar-refractivity contribution in [3.63, 3.8) is 0 Å². The molecule has 2 heterocycles. The van der Waals surface area contributed by atoms with Crippen molar-refractivity contribution in [2.75, 3.05) is 0 Å². The number of fused-ring (bicyclic) bond motifs is 1. The van der Waals surface area contributed by atoms with Crippen molar-refractivity contribution < 1.29 is 4.79 Å². The van der Waals surface area contributed by atoms with Crippen LogP contribution in [-0.4, -0.2) is 15.9 Å². The maximum Gasteiger partial charge on any atom is 0.229 e. The fourth-order valence-electron chi connectivity index (χ4n) is 1.76. The summed E-state index contributed by atoms with van der Waals surface area (Å²) in [6.07, 6.45) is 1.51. The first kappa shape index (κ1) is 10.4. The van der Waals surface area contributed by atoms with E-state index in [1.54, 1.807) is 6.92 Å². The fourth-order valence-corrected chi connectivity index (χ4v) is 1.90. The smallest absolute Gasteiger partial charge is 0.229 e. The van der Waals surface area contributed by atoms with E-state index < -0.39 is 5.54 Å². The number of amides is 1. The Morgan fingerprint density at radius 2 is 2.20 bits per heavy atom. The van der Waals surface area contributed by atoms with Gasteiger partial charge in [-0.15, -0.1) is 0 Å². The lowest BCUT2D eigenvalue weighted by Crippen LogP contribution is -2.48. The molecule has 0 saturated heterocycles. The average Bonchev–Trinajstić information content (AvgIpc) is 2.13. The number of carbonyl (C=O) groups is 1. The molecule has 2 rings (SSSR count). The van der Waals surface area contributed by atoms with Crippen LogP contribution < -0.4 is 5.32 Å². The molecule has 0 aromatic carbocycles. The fraction of sp³-hybridized carbons (Fsp3) is 0.500. The molecule has 1 aromatic heterocycles. The quantitative estimate of drug-likeness (QED) is 0.730. The molecule has 1 aliphatic rings. The van der Waals surface area contributed by atoms with E-state index in [9.17, 15) is 4.79 Å². The highest BCUT2D eigenvalue weighted by Gasteiger charge is 2.38. The normalized spacial score (nSPS) is 23.2. The van der Waals surface area contributed by atoms with Gasteiger partial charge in [-0.05, 0) is 20.8 Å². The molecule has 0 bridgehead atoms. The summed E-state index contributed by atoms with van der Waals surface area (Å²) in [5, 5.41) is 3.22. The van der Waals surface area contributed by atoms with Gasteiger partial charge in [0, 0.05) is 0 Å². The van der Waals surface area contributed by atoms with Gasteiger partial charge in [0.2, 0.25) is 5.91 Å². The summed E-state index contributed by atoms with van der Waals surface area (Å²) in [6.45, 7) is 5.60. The van der Waals surface area contributed by atoms with E-state index in [1.807, 2.05) is 13.8 Å². The second kappa shape index (κ2) is 3.17. The Balaban J connectivity index is 2.64. The van der Waals surface area contributed by atoms with Gasteiger partial charge < -0.3 is 5.32 Å². The summed E-state index contributed by atoms with van der Waals surface area (Å²) in [6, 6.07) is 0. The lowest BCUT2D eigenvalue weighted by molar-refractivity contribution is -0.124. The van der Waals surface area contributed by atoms with Gasteiger partial charge in [0.25, 0.3) is 0 Å². The highest BCUT2D eigenvalue weighted by molar-refractivity contribution is 6.29. The minimum absolute atomic E-state index is 0.0379. The molecule has 1 N–H and O–H groups in total. The van der Waals surface area contributed by atoms with E-state index in [1.165, 1.54) is 6.20 Å². The van der Waals surface area contributed by atoms with E-state index >= 15 is 0 Å². The summed E-state index contributed by atoms with van der Waals surface area (Å²) in [5.41, 5.74) is 0.992. The molecular weight excluding hydrogens is 214 g/mol. The van der Waals surface area contributed by atoms with Crippen LogP contribution in [0.25, 0.3) is 0 Å². The van der Waals surface area contributed by atoms with Crippen molar-refractivity contribution in [3.8, 4) is 0 Å². The van der Waals surface area contributed by atoms with Gasteiger partial charge >= 0.3 is 0 Å². The molecule has 0 fully saturated rings. The van der Waals surface area contributed by atoms with E-state index in [0.717, 1.165) is 5.69 Å². The topological polar surface area (TPSA) is 54.9 Å². The van der Waals surface area contributed by atoms with Gasteiger partial charge in [0.15, 0.2) is 0 Å². The van der Waals surface area contributed by atoms with Crippen molar-refractivity contribution >= 4 is 17.5 Å². The molecule has 4 nitrogen and oxygen atoms in total. The van der Waals surface area contributed by atoms with Crippen LogP contribution in [0.1, 0.15) is 38.1 Å². The maximum atomic E-state index is 11.7. The maximum absolute atomic E-state index is 11.7. The van der Waals surface area contributed by atoms with Crippen LogP contribution in [0.4, 0.5) is 0 Å². The first-order chi connectivity index (χ1) is 6.92. The first-order valence-electron chi connectivity index (χ1n) is 4.77. The van der Waals surface area contributed by atoms with E-state index in [2.05, 4.69) is 15.3 Å². The molecule has 0 aliphatic carbocycles. The van der Waals surface area contributed by atoms with Crippen molar-refractivity contribution in [1.82, 2.24) is 15.3 Å². The zero-order valence-corrected chi connectivity index (χ0v) is 9.59. The summed E-state index contributed by atoms with van der Waals surface area (Å²) in [4.78, 5) is 20.1. The number of hydrogen-bond acceptors (Lipinski definition) is 3. The predicted octanol–water partition coefficient (Wildman–Crippen LogP) is 1.60. The zero-order chi connectivity index (χ0) is 11.2. The van der Waals surface area contributed by atoms with Crippen molar-refractivity contribution in [2.24, 2.45) is 0 Å². The monoisotopic (exact) mass is 225 g/mol. The minimum Gasteiger partial charge on any atom is -0.345 e. The molecule has 5 heteroatoms. The van der Waals surface area contributed by atoms with Crippen LogP contribution in [0.15, 0.2) is 6.20 Å². The molecule has 1 aliphatic heterocycles. The van der Waals surface area contributed by atoms with Crippen molar-refractivity contribution in [3.05, 3.63) is 22.7 Å². The standard InChI is InChI=1S/C10H12ClN3O/c1-5-7-8(12-4-6(11)13-7)10(2,3)14-9(5)15/h4-5H,1-3H3,(H,14,15). The Hall–Kier alpha value is -1.16. The first-order valence-corrected chi connectivity index (χ1v) is 5.14. The number of carbonyl (C=O) groups excluding carboxylic acids is 1. The zero-order valence-electron chi connectivity index (χ0n) is 8.84. The van der Waals surface area contributed by atoms with Gasteiger partial charge in [-0.1, -0.05) is 11.6 Å². The van der Waals surface area contributed by atoms with Crippen molar-refractivity contribution in [1.29, 1.82) is 0 Å². The summed E-state index contributed by atoms with van der Waals surface area (Å²) >= 11 is 5.78. The Morgan fingerprint density at radius 3 is 2.87 bits per heavy atom. The lowest BCUT2D eigenvalue weighted by Gasteiger charge is -2.34. The third kappa shape index (κ3) is 1.59. The highest BCUT2D eigenvalue weighted by atomic mass is 35.5. The second-order valence-electron chi connectivity index (χ2n) is 4.26. The number of nitrogens with one attached hydrogen (secondary N) is 1. The Morgan fingerprint density at radius 1 is 1.53 bits per heavy atom. The Labute approximate surface area is 93.1 Å². The Bertz CT molecular complexity index is 431. The van der Waals surface area contributed by atoms with Crippen LogP contribution in [-0.2, 0) is 10.3 Å². The van der Waals surface area contributed by atoms with Crippen LogP contribution in [0, 0.1) is 0 Å². The van der Waals surface area contributed by atoms with Gasteiger partial charge in [0.1, 0.15) is 5.15 Å². The predicted molar refractivity (Wildman–Crippen MR) is 56.6 cm³/mol. The van der Waals surface area contributed by atoms with E-state index in [0.29, 0.717) is 10.8 Å². The molecule has 1 atom stereocenters. The number of rotatable bonds is 0. The molecule has 0 saturated carbocycles. The third-order valence-corrected chi connectivity index (χ3v) is 2.78.